The first-order chi connectivity index (χ1) is 10.2. The Kier molecular flexibility index (Phi) is 4.16. The predicted molar refractivity (Wildman–Crippen MR) is 86.4 cm³/mol. The van der Waals surface area contributed by atoms with Gasteiger partial charge in [-0.1, -0.05) is 19.3 Å². The summed E-state index contributed by atoms with van der Waals surface area (Å²) in [7, 11) is 0. The van der Waals surface area contributed by atoms with Crippen molar-refractivity contribution < 1.29 is 0 Å². The molecule has 0 atom stereocenters. The molecule has 4 heteroatoms. The fourth-order valence-corrected chi connectivity index (χ4v) is 4.14. The minimum atomic E-state index is 0.555. The summed E-state index contributed by atoms with van der Waals surface area (Å²) in [5.41, 5.74) is 9.99. The minimum absolute atomic E-state index is 0.555. The molecule has 1 saturated carbocycles. The van der Waals surface area contributed by atoms with Gasteiger partial charge in [-0.25, -0.2) is 0 Å². The number of aromatic nitrogens is 2. The lowest BCUT2D eigenvalue weighted by Crippen LogP contribution is -2.42. The number of hydrogen-bond acceptors (Lipinski definition) is 4. The molecule has 0 bridgehead atoms. The highest BCUT2D eigenvalue weighted by Crippen LogP contribution is 2.45. The van der Waals surface area contributed by atoms with Gasteiger partial charge in [-0.05, 0) is 50.5 Å². The molecular weight excluding hydrogens is 260 g/mol. The molecule has 2 heterocycles. The lowest BCUT2D eigenvalue weighted by molar-refractivity contribution is 0.144. The van der Waals surface area contributed by atoms with Crippen molar-refractivity contribution in [3.05, 3.63) is 16.8 Å². The largest absolute Gasteiger partial charge is 0.355 e. The van der Waals surface area contributed by atoms with Gasteiger partial charge in [-0.15, -0.1) is 5.10 Å². The Hall–Kier alpha value is -1.16. The Morgan fingerprint density at radius 3 is 2.29 bits per heavy atom. The van der Waals surface area contributed by atoms with Gasteiger partial charge in [-0.2, -0.15) is 5.10 Å². The molecule has 1 aliphatic heterocycles. The summed E-state index contributed by atoms with van der Waals surface area (Å²) in [5, 5.41) is 8.78. The van der Waals surface area contributed by atoms with Gasteiger partial charge in [-0.3, -0.25) is 0 Å². The van der Waals surface area contributed by atoms with E-state index in [-0.39, 0.29) is 0 Å². The SMILES string of the molecule is Cc1nnc(N2CCC3(CCCCC3)CC2)c(CN)c1C. The molecule has 116 valence electrons. The second-order valence-electron chi connectivity index (χ2n) is 6.96. The number of aryl methyl sites for hydroxylation is 1. The smallest absolute Gasteiger partial charge is 0.156 e. The number of hydrogen-bond donors (Lipinski definition) is 1. The van der Waals surface area contributed by atoms with Gasteiger partial charge in [0.2, 0.25) is 0 Å². The molecule has 0 radical (unpaired) electrons. The molecule has 0 unspecified atom stereocenters. The zero-order chi connectivity index (χ0) is 14.9. The van der Waals surface area contributed by atoms with Crippen molar-refractivity contribution in [2.24, 2.45) is 11.1 Å². The van der Waals surface area contributed by atoms with Crippen LogP contribution >= 0.6 is 0 Å². The van der Waals surface area contributed by atoms with Crippen molar-refractivity contribution in [2.45, 2.75) is 65.3 Å². The Labute approximate surface area is 128 Å². The predicted octanol–water partition coefficient (Wildman–Crippen LogP) is 3.10. The summed E-state index contributed by atoms with van der Waals surface area (Å²) < 4.78 is 0. The zero-order valence-corrected chi connectivity index (χ0v) is 13.5. The van der Waals surface area contributed by atoms with Crippen LogP contribution in [0.25, 0.3) is 0 Å². The number of nitrogens with two attached hydrogens (primary N) is 1. The summed E-state index contributed by atoms with van der Waals surface area (Å²) in [4.78, 5) is 2.42. The van der Waals surface area contributed by atoms with Gasteiger partial charge >= 0.3 is 0 Å². The van der Waals surface area contributed by atoms with Gasteiger partial charge in [0.25, 0.3) is 0 Å². The summed E-state index contributed by atoms with van der Waals surface area (Å²) in [6, 6.07) is 0. The Balaban J connectivity index is 1.76. The van der Waals surface area contributed by atoms with Crippen molar-refractivity contribution in [3.63, 3.8) is 0 Å². The van der Waals surface area contributed by atoms with Gasteiger partial charge in [0.1, 0.15) is 0 Å². The summed E-state index contributed by atoms with van der Waals surface area (Å²) in [5.74, 6) is 1.03. The molecule has 2 N–H and O–H groups in total. The first kappa shape index (κ1) is 14.8. The van der Waals surface area contributed by atoms with Crippen LogP contribution < -0.4 is 10.6 Å². The van der Waals surface area contributed by atoms with E-state index in [4.69, 9.17) is 5.73 Å². The van der Waals surface area contributed by atoms with Crippen molar-refractivity contribution in [1.29, 1.82) is 0 Å². The van der Waals surface area contributed by atoms with E-state index in [1.165, 1.54) is 56.1 Å². The molecule has 1 aromatic rings. The molecule has 1 saturated heterocycles. The van der Waals surface area contributed by atoms with Crippen LogP contribution in [-0.2, 0) is 6.54 Å². The fraction of sp³-hybridized carbons (Fsp3) is 0.765. The van der Waals surface area contributed by atoms with Gasteiger partial charge in [0, 0.05) is 25.2 Å². The Morgan fingerprint density at radius 2 is 1.67 bits per heavy atom. The van der Waals surface area contributed by atoms with Crippen LogP contribution in [-0.4, -0.2) is 23.3 Å². The Bertz CT molecular complexity index is 496. The lowest BCUT2D eigenvalue weighted by atomic mass is 9.68. The second kappa shape index (κ2) is 5.91. The van der Waals surface area contributed by atoms with Crippen LogP contribution in [0.2, 0.25) is 0 Å². The lowest BCUT2D eigenvalue weighted by Gasteiger charge is -2.45. The van der Waals surface area contributed by atoms with Gasteiger partial charge in [0.15, 0.2) is 5.82 Å². The highest BCUT2D eigenvalue weighted by Gasteiger charge is 2.36. The summed E-state index contributed by atoms with van der Waals surface area (Å²) >= 11 is 0. The maximum absolute atomic E-state index is 5.97. The number of anilines is 1. The van der Waals surface area contributed by atoms with Crippen LogP contribution in [0, 0.1) is 19.3 Å². The van der Waals surface area contributed by atoms with Crippen molar-refractivity contribution in [2.75, 3.05) is 18.0 Å². The van der Waals surface area contributed by atoms with Gasteiger partial charge in [0.05, 0.1) is 5.69 Å². The van der Waals surface area contributed by atoms with Crippen LogP contribution in [0.5, 0.6) is 0 Å². The summed E-state index contributed by atoms with van der Waals surface area (Å²) in [6.45, 7) is 6.91. The van der Waals surface area contributed by atoms with Crippen LogP contribution in [0.15, 0.2) is 0 Å². The minimum Gasteiger partial charge on any atom is -0.355 e. The number of rotatable bonds is 2. The maximum Gasteiger partial charge on any atom is 0.156 e. The van der Waals surface area contributed by atoms with Crippen molar-refractivity contribution in [3.8, 4) is 0 Å². The van der Waals surface area contributed by atoms with Crippen LogP contribution in [0.3, 0.4) is 0 Å². The topological polar surface area (TPSA) is 55.0 Å². The summed E-state index contributed by atoms with van der Waals surface area (Å²) in [6.07, 6.45) is 9.78. The van der Waals surface area contributed by atoms with E-state index in [9.17, 15) is 0 Å². The molecule has 1 aliphatic carbocycles. The van der Waals surface area contributed by atoms with E-state index in [2.05, 4.69) is 22.0 Å². The third-order valence-electron chi connectivity index (χ3n) is 5.80. The first-order valence-electron chi connectivity index (χ1n) is 8.43. The molecule has 1 spiro atoms. The normalized spacial score (nSPS) is 21.8. The van der Waals surface area contributed by atoms with Crippen molar-refractivity contribution in [1.82, 2.24) is 10.2 Å². The molecule has 1 aromatic heterocycles. The number of piperidine rings is 1. The molecule has 0 aromatic carbocycles. The maximum atomic E-state index is 5.97. The van der Waals surface area contributed by atoms with Gasteiger partial charge < -0.3 is 10.6 Å². The average molecular weight is 288 g/mol. The molecular formula is C17H28N4. The van der Waals surface area contributed by atoms with Crippen molar-refractivity contribution >= 4 is 5.82 Å². The second-order valence-corrected chi connectivity index (χ2v) is 6.96. The van der Waals surface area contributed by atoms with E-state index in [0.29, 0.717) is 12.0 Å². The van der Waals surface area contributed by atoms with E-state index in [0.717, 1.165) is 24.6 Å². The van der Waals surface area contributed by atoms with E-state index in [1.807, 2.05) is 6.92 Å². The molecule has 2 aliphatic rings. The third kappa shape index (κ3) is 2.78. The van der Waals surface area contributed by atoms with Crippen LogP contribution in [0.4, 0.5) is 5.82 Å². The molecule has 0 amide bonds. The van der Waals surface area contributed by atoms with E-state index < -0.39 is 0 Å². The molecule has 21 heavy (non-hydrogen) atoms. The third-order valence-corrected chi connectivity index (χ3v) is 5.80. The highest BCUT2D eigenvalue weighted by molar-refractivity contribution is 5.51. The molecule has 4 nitrogen and oxygen atoms in total. The fourth-order valence-electron chi connectivity index (χ4n) is 4.14. The average Bonchev–Trinajstić information content (AvgIpc) is 2.52. The quantitative estimate of drug-likeness (QED) is 0.908. The molecule has 3 rings (SSSR count). The van der Waals surface area contributed by atoms with Crippen LogP contribution in [0.1, 0.15) is 61.8 Å². The molecule has 2 fully saturated rings. The monoisotopic (exact) mass is 288 g/mol. The Morgan fingerprint density at radius 1 is 1.00 bits per heavy atom. The highest BCUT2D eigenvalue weighted by atomic mass is 15.3. The van der Waals surface area contributed by atoms with E-state index >= 15 is 0 Å². The standard InChI is InChI=1S/C17H28N4/c1-13-14(2)19-20-16(15(13)12-18)21-10-8-17(9-11-21)6-4-3-5-7-17/h3-12,18H2,1-2H3. The number of nitrogens with zero attached hydrogens (tertiary/aromatic N) is 3. The first-order valence-corrected chi connectivity index (χ1v) is 8.43. The zero-order valence-electron chi connectivity index (χ0n) is 13.5. The van der Waals surface area contributed by atoms with E-state index in [1.54, 1.807) is 0 Å².